The molecule has 82 valence electrons. The van der Waals surface area contributed by atoms with Gasteiger partial charge in [0.2, 0.25) is 0 Å². The van der Waals surface area contributed by atoms with E-state index in [9.17, 15) is 4.21 Å². The van der Waals surface area contributed by atoms with Crippen LogP contribution in [0.5, 0.6) is 0 Å². The maximum absolute atomic E-state index is 11.5. The van der Waals surface area contributed by atoms with Crippen LogP contribution in [0.3, 0.4) is 0 Å². The molecule has 0 amide bonds. The molecule has 0 bridgehead atoms. The van der Waals surface area contributed by atoms with Gasteiger partial charge in [-0.15, -0.1) is 0 Å². The molecular weight excluding hydrogens is 198 g/mol. The average molecular weight is 218 g/mol. The van der Waals surface area contributed by atoms with Crippen LogP contribution < -0.4 is 0 Å². The largest absolute Gasteiger partial charge is 0.355 e. The van der Waals surface area contributed by atoms with Crippen LogP contribution >= 0.6 is 0 Å². The van der Waals surface area contributed by atoms with Crippen molar-refractivity contribution in [1.82, 2.24) is 0 Å². The number of likely N-dealkylation sites (tertiary alicyclic amines) is 1. The minimum atomic E-state index is -0.759. The summed E-state index contributed by atoms with van der Waals surface area (Å²) in [5.74, 6) is 0.744. The van der Waals surface area contributed by atoms with Gasteiger partial charge in [0.1, 0.15) is 17.6 Å². The molecule has 2 saturated heterocycles. The highest BCUT2D eigenvalue weighted by molar-refractivity contribution is 7.85. The molecule has 0 unspecified atom stereocenters. The molecule has 0 aromatic heterocycles. The summed E-state index contributed by atoms with van der Waals surface area (Å²) in [5.41, 5.74) is -0.0550. The van der Waals surface area contributed by atoms with Crippen molar-refractivity contribution in [2.75, 3.05) is 26.4 Å². The molecule has 2 aliphatic rings. The Morgan fingerprint density at radius 1 is 1.43 bits per heavy atom. The van der Waals surface area contributed by atoms with Crippen molar-refractivity contribution >= 4 is 10.8 Å². The maximum Gasteiger partial charge on any atom is 0.130 e. The smallest absolute Gasteiger partial charge is 0.130 e. The van der Waals surface area contributed by atoms with Crippen LogP contribution in [0, 0.1) is 0 Å². The van der Waals surface area contributed by atoms with E-state index in [4.69, 9.17) is 4.74 Å². The van der Waals surface area contributed by atoms with E-state index in [2.05, 4.69) is 14.1 Å². The fourth-order valence-corrected chi connectivity index (χ4v) is 3.87. The van der Waals surface area contributed by atoms with Crippen molar-refractivity contribution in [3.63, 3.8) is 0 Å². The molecule has 0 spiro atoms. The van der Waals surface area contributed by atoms with Gasteiger partial charge in [0, 0.05) is 12.8 Å². The molecule has 2 fully saturated rings. The predicted octanol–water partition coefficient (Wildman–Crippen LogP) is 0.719. The first-order chi connectivity index (χ1) is 6.50. The van der Waals surface area contributed by atoms with Crippen LogP contribution in [0.25, 0.3) is 0 Å². The Morgan fingerprint density at radius 2 is 2.14 bits per heavy atom. The zero-order valence-corrected chi connectivity index (χ0v) is 10.0. The zero-order valence-electron chi connectivity index (χ0n) is 9.23. The van der Waals surface area contributed by atoms with Crippen molar-refractivity contribution in [3.05, 3.63) is 0 Å². The molecule has 0 N–H and O–H groups in total. The summed E-state index contributed by atoms with van der Waals surface area (Å²) in [4.78, 5) is 0. The first-order valence-corrected chi connectivity index (χ1v) is 6.74. The molecule has 0 aromatic rings. The Labute approximate surface area is 88.5 Å². The normalized spacial score (nSPS) is 47.1. The SMILES string of the molecule is C[C@H]1O[C@@H]([C@H]2CCC[N+]2(C)C)C[S@]1=O. The van der Waals surface area contributed by atoms with Crippen molar-refractivity contribution in [2.45, 2.75) is 37.3 Å². The lowest BCUT2D eigenvalue weighted by molar-refractivity contribution is -0.905. The summed E-state index contributed by atoms with van der Waals surface area (Å²) in [7, 11) is 3.75. The third kappa shape index (κ3) is 1.75. The maximum atomic E-state index is 11.5. The van der Waals surface area contributed by atoms with Crippen LogP contribution in [-0.2, 0) is 15.5 Å². The quantitative estimate of drug-likeness (QED) is 0.606. The molecule has 14 heavy (non-hydrogen) atoms. The molecule has 4 heteroatoms. The molecule has 2 aliphatic heterocycles. The molecule has 0 saturated carbocycles. The Kier molecular flexibility index (Phi) is 2.70. The highest BCUT2D eigenvalue weighted by Gasteiger charge is 2.45. The van der Waals surface area contributed by atoms with Gasteiger partial charge in [0.15, 0.2) is 0 Å². The number of hydrogen-bond acceptors (Lipinski definition) is 2. The third-order valence-corrected chi connectivity index (χ3v) is 5.14. The fraction of sp³-hybridized carbons (Fsp3) is 1.00. The molecule has 3 nitrogen and oxygen atoms in total. The number of rotatable bonds is 1. The highest BCUT2D eigenvalue weighted by Crippen LogP contribution is 2.30. The molecule has 4 atom stereocenters. The zero-order chi connectivity index (χ0) is 10.3. The van der Waals surface area contributed by atoms with Gasteiger partial charge in [-0.05, 0) is 6.92 Å². The molecular formula is C10H20NO2S+. The molecule has 0 aliphatic carbocycles. The van der Waals surface area contributed by atoms with E-state index in [1.54, 1.807) is 0 Å². The van der Waals surface area contributed by atoms with E-state index in [0.717, 1.165) is 10.2 Å². The van der Waals surface area contributed by atoms with E-state index >= 15 is 0 Å². The predicted molar refractivity (Wildman–Crippen MR) is 57.3 cm³/mol. The second-order valence-corrected chi connectivity index (χ2v) is 6.76. The molecule has 0 radical (unpaired) electrons. The lowest BCUT2D eigenvalue weighted by Crippen LogP contribution is -2.50. The van der Waals surface area contributed by atoms with Gasteiger partial charge in [-0.2, -0.15) is 0 Å². The molecule has 2 heterocycles. The van der Waals surface area contributed by atoms with Crippen LogP contribution in [0.2, 0.25) is 0 Å². The van der Waals surface area contributed by atoms with Crippen LogP contribution in [0.1, 0.15) is 19.8 Å². The Morgan fingerprint density at radius 3 is 2.57 bits per heavy atom. The lowest BCUT2D eigenvalue weighted by Gasteiger charge is -2.34. The summed E-state index contributed by atoms with van der Waals surface area (Å²) in [6, 6.07) is 0.559. The fourth-order valence-electron chi connectivity index (χ4n) is 2.71. The van der Waals surface area contributed by atoms with Crippen molar-refractivity contribution < 1.29 is 13.4 Å². The molecule has 2 rings (SSSR count). The van der Waals surface area contributed by atoms with Gasteiger partial charge in [-0.25, -0.2) is 0 Å². The Balaban J connectivity index is 2.06. The summed E-state index contributed by atoms with van der Waals surface area (Å²) < 4.78 is 18.3. The van der Waals surface area contributed by atoms with Crippen LogP contribution in [0.15, 0.2) is 0 Å². The second kappa shape index (κ2) is 3.58. The van der Waals surface area contributed by atoms with Gasteiger partial charge in [0.05, 0.1) is 37.2 Å². The number of hydrogen-bond donors (Lipinski definition) is 0. The van der Waals surface area contributed by atoms with Gasteiger partial charge in [-0.1, -0.05) is 0 Å². The summed E-state index contributed by atoms with van der Waals surface area (Å²) in [6.07, 6.45) is 2.73. The summed E-state index contributed by atoms with van der Waals surface area (Å²) in [6.45, 7) is 3.15. The van der Waals surface area contributed by atoms with E-state index < -0.39 is 10.8 Å². The Hall–Kier alpha value is 0.0700. The third-order valence-electron chi connectivity index (χ3n) is 3.63. The minimum absolute atomic E-state index is 0.0550. The topological polar surface area (TPSA) is 26.3 Å². The number of likely N-dealkylation sites (N-methyl/N-ethyl adjacent to an activating group) is 1. The number of ether oxygens (including phenoxy) is 1. The van der Waals surface area contributed by atoms with Crippen molar-refractivity contribution in [2.24, 2.45) is 0 Å². The lowest BCUT2D eigenvalue weighted by atomic mass is 10.1. The monoisotopic (exact) mass is 218 g/mol. The van der Waals surface area contributed by atoms with Gasteiger partial charge in [-0.3, -0.25) is 4.21 Å². The Bertz CT molecular complexity index is 255. The average Bonchev–Trinajstić information content (AvgIpc) is 2.56. The summed E-state index contributed by atoms with van der Waals surface area (Å²) >= 11 is 0. The van der Waals surface area contributed by atoms with Crippen LogP contribution in [0.4, 0.5) is 0 Å². The van der Waals surface area contributed by atoms with E-state index in [0.29, 0.717) is 6.04 Å². The highest BCUT2D eigenvalue weighted by atomic mass is 32.2. The number of quaternary nitrogens is 1. The first kappa shape index (κ1) is 10.6. The number of nitrogens with zero attached hydrogens (tertiary/aromatic N) is 1. The van der Waals surface area contributed by atoms with Crippen LogP contribution in [-0.4, -0.2) is 52.7 Å². The van der Waals surface area contributed by atoms with Gasteiger partial charge in [0.25, 0.3) is 0 Å². The van der Waals surface area contributed by atoms with E-state index in [1.807, 2.05) is 6.92 Å². The summed E-state index contributed by atoms with van der Waals surface area (Å²) in [5, 5.41) is 0. The van der Waals surface area contributed by atoms with Crippen molar-refractivity contribution in [1.29, 1.82) is 0 Å². The minimum Gasteiger partial charge on any atom is -0.355 e. The molecule has 0 aromatic carbocycles. The van der Waals surface area contributed by atoms with Crippen molar-refractivity contribution in [3.8, 4) is 0 Å². The second-order valence-electron chi connectivity index (χ2n) is 5.00. The first-order valence-electron chi connectivity index (χ1n) is 5.36. The van der Waals surface area contributed by atoms with Gasteiger partial charge >= 0.3 is 0 Å². The standard InChI is InChI=1S/C10H20NO2S/c1-8-13-10(7-14(8)12)9-5-4-6-11(9,2)3/h8-10H,4-7H2,1-3H3/q+1/t8-,9+,10+,14+/m0/s1. The van der Waals surface area contributed by atoms with Gasteiger partial charge < -0.3 is 9.22 Å². The van der Waals surface area contributed by atoms with E-state index in [1.165, 1.54) is 19.4 Å². The van der Waals surface area contributed by atoms with E-state index in [-0.39, 0.29) is 11.5 Å².